The van der Waals surface area contributed by atoms with Crippen molar-refractivity contribution in [3.8, 4) is 0 Å². The van der Waals surface area contributed by atoms with E-state index in [1.54, 1.807) is 0 Å². The summed E-state index contributed by atoms with van der Waals surface area (Å²) in [5.41, 5.74) is 0. The van der Waals surface area contributed by atoms with E-state index in [1.807, 2.05) is 0 Å². The van der Waals surface area contributed by atoms with Crippen LogP contribution in [0.4, 0.5) is 0 Å². The first kappa shape index (κ1) is 13.6. The highest BCUT2D eigenvalue weighted by Gasteiger charge is 2.20. The third-order valence-corrected chi connectivity index (χ3v) is 4.73. The number of nitrogens with zero attached hydrogens (tertiary/aromatic N) is 2. The monoisotopic (exact) mass is 304 g/mol. The van der Waals surface area contributed by atoms with E-state index in [1.165, 1.54) is 6.07 Å². The molecule has 0 fully saturated rings. The molecule has 16 heavy (non-hydrogen) atoms. The predicted octanol–water partition coefficient (Wildman–Crippen LogP) is 0.472. The Morgan fingerprint density at radius 1 is 1.06 bits per heavy atom. The molecule has 10 heteroatoms. The van der Waals surface area contributed by atoms with Gasteiger partial charge in [-0.05, 0) is 12.1 Å². The van der Waals surface area contributed by atoms with E-state index in [-0.39, 0.29) is 10.2 Å². The molecule has 0 spiro atoms. The van der Waals surface area contributed by atoms with Crippen LogP contribution in [0.25, 0.3) is 0 Å². The lowest BCUT2D eigenvalue weighted by Crippen LogP contribution is -2.15. The third kappa shape index (κ3) is 4.20. The standard InChI is InChI=1S/C6H6Cl2N2O4S2/c7-5-1-2-6(10-9-5)15(11,12)3-4-16(8,13)14/h1-2H,3-4H2. The van der Waals surface area contributed by atoms with Crippen molar-refractivity contribution in [1.29, 1.82) is 0 Å². The van der Waals surface area contributed by atoms with E-state index in [4.69, 9.17) is 22.3 Å². The molecule has 1 aromatic heterocycles. The molecule has 1 rings (SSSR count). The summed E-state index contributed by atoms with van der Waals surface area (Å²) >= 11 is 5.43. The molecule has 0 aliphatic heterocycles. The second-order valence-corrected chi connectivity index (χ2v) is 8.10. The van der Waals surface area contributed by atoms with Crippen LogP contribution in [-0.4, -0.2) is 38.5 Å². The summed E-state index contributed by atoms with van der Waals surface area (Å²) in [5.74, 6) is -1.32. The minimum Gasteiger partial charge on any atom is -0.222 e. The number of sulfone groups is 1. The maximum absolute atomic E-state index is 11.5. The molecule has 0 aromatic carbocycles. The Balaban J connectivity index is 2.91. The van der Waals surface area contributed by atoms with Crippen LogP contribution in [0.2, 0.25) is 5.15 Å². The molecule has 1 aromatic rings. The van der Waals surface area contributed by atoms with E-state index in [9.17, 15) is 16.8 Å². The van der Waals surface area contributed by atoms with Crippen molar-refractivity contribution in [2.24, 2.45) is 0 Å². The van der Waals surface area contributed by atoms with Gasteiger partial charge >= 0.3 is 0 Å². The highest BCUT2D eigenvalue weighted by molar-refractivity contribution is 8.14. The molecule has 0 unspecified atom stereocenters. The molecule has 0 aliphatic rings. The van der Waals surface area contributed by atoms with Crippen LogP contribution in [0.3, 0.4) is 0 Å². The Bertz CT molecular complexity index is 567. The average Bonchev–Trinajstić information content (AvgIpc) is 2.15. The summed E-state index contributed by atoms with van der Waals surface area (Å²) in [4.78, 5) is 0. The van der Waals surface area contributed by atoms with E-state index in [0.29, 0.717) is 0 Å². The van der Waals surface area contributed by atoms with E-state index >= 15 is 0 Å². The lowest BCUT2D eigenvalue weighted by Gasteiger charge is -2.00. The Kier molecular flexibility index (Phi) is 4.11. The smallest absolute Gasteiger partial charge is 0.222 e. The summed E-state index contributed by atoms with van der Waals surface area (Å²) in [6.07, 6.45) is 0. The maximum Gasteiger partial charge on any atom is 0.233 e. The zero-order valence-electron chi connectivity index (χ0n) is 7.67. The molecule has 0 saturated carbocycles. The maximum atomic E-state index is 11.5. The van der Waals surface area contributed by atoms with E-state index in [0.717, 1.165) is 6.07 Å². The van der Waals surface area contributed by atoms with Crippen molar-refractivity contribution < 1.29 is 16.8 Å². The Hall–Kier alpha value is -0.440. The van der Waals surface area contributed by atoms with Gasteiger partial charge in [-0.25, -0.2) is 16.8 Å². The topological polar surface area (TPSA) is 94.1 Å². The number of aromatic nitrogens is 2. The molecule has 0 atom stereocenters. The van der Waals surface area contributed by atoms with Crippen molar-refractivity contribution in [2.45, 2.75) is 5.03 Å². The Morgan fingerprint density at radius 2 is 1.69 bits per heavy atom. The van der Waals surface area contributed by atoms with Gasteiger partial charge in [0.1, 0.15) is 0 Å². The van der Waals surface area contributed by atoms with E-state index in [2.05, 4.69) is 10.2 Å². The first-order valence-corrected chi connectivity index (χ1v) is 8.36. The van der Waals surface area contributed by atoms with Crippen LogP contribution in [0.15, 0.2) is 17.2 Å². The fourth-order valence-corrected chi connectivity index (χ4v) is 3.77. The van der Waals surface area contributed by atoms with Gasteiger partial charge in [-0.2, -0.15) is 0 Å². The second-order valence-electron chi connectivity index (χ2n) is 2.76. The lowest BCUT2D eigenvalue weighted by molar-refractivity contribution is 0.587. The highest BCUT2D eigenvalue weighted by Crippen LogP contribution is 2.10. The van der Waals surface area contributed by atoms with Crippen LogP contribution in [0.5, 0.6) is 0 Å². The summed E-state index contributed by atoms with van der Waals surface area (Å²) < 4.78 is 44.3. The van der Waals surface area contributed by atoms with Gasteiger partial charge in [0, 0.05) is 10.7 Å². The quantitative estimate of drug-likeness (QED) is 0.751. The van der Waals surface area contributed by atoms with Gasteiger partial charge in [-0.3, -0.25) is 0 Å². The fraction of sp³-hybridized carbons (Fsp3) is 0.333. The molecular formula is C6H6Cl2N2O4S2. The van der Waals surface area contributed by atoms with Gasteiger partial charge in [0.2, 0.25) is 9.05 Å². The number of hydrogen-bond donors (Lipinski definition) is 0. The molecule has 0 aliphatic carbocycles. The van der Waals surface area contributed by atoms with Crippen LogP contribution in [0, 0.1) is 0 Å². The minimum absolute atomic E-state index is 0.0453. The predicted molar refractivity (Wildman–Crippen MR) is 58.7 cm³/mol. The van der Waals surface area contributed by atoms with Gasteiger partial charge in [-0.1, -0.05) is 11.6 Å². The molecule has 6 nitrogen and oxygen atoms in total. The summed E-state index contributed by atoms with van der Waals surface area (Å²) in [6.45, 7) is 0. The normalized spacial score (nSPS) is 12.6. The number of halogens is 2. The molecule has 1 heterocycles. The van der Waals surface area contributed by atoms with Crippen LogP contribution < -0.4 is 0 Å². The molecule has 0 amide bonds. The zero-order valence-corrected chi connectivity index (χ0v) is 10.8. The zero-order chi connectivity index (χ0) is 12.4. The first-order valence-electron chi connectivity index (χ1n) is 3.85. The van der Waals surface area contributed by atoms with Gasteiger partial charge in [-0.15, -0.1) is 10.2 Å². The van der Waals surface area contributed by atoms with Crippen molar-refractivity contribution in [3.63, 3.8) is 0 Å². The van der Waals surface area contributed by atoms with Gasteiger partial charge in [0.25, 0.3) is 0 Å². The molecule has 0 N–H and O–H groups in total. The fourth-order valence-electron chi connectivity index (χ4n) is 0.783. The van der Waals surface area contributed by atoms with E-state index < -0.39 is 30.4 Å². The Labute approximate surface area is 102 Å². The molecule has 90 valence electrons. The highest BCUT2D eigenvalue weighted by atomic mass is 35.7. The molecule has 0 saturated heterocycles. The third-order valence-electron chi connectivity index (χ3n) is 1.52. The second kappa shape index (κ2) is 4.82. The number of rotatable bonds is 4. The summed E-state index contributed by atoms with van der Waals surface area (Å²) in [5, 5.41) is 6.40. The molecular weight excluding hydrogens is 299 g/mol. The van der Waals surface area contributed by atoms with Gasteiger partial charge < -0.3 is 0 Å². The van der Waals surface area contributed by atoms with Crippen molar-refractivity contribution >= 4 is 41.2 Å². The van der Waals surface area contributed by atoms with Crippen molar-refractivity contribution in [1.82, 2.24) is 10.2 Å². The first-order chi connectivity index (χ1) is 7.21. The Morgan fingerprint density at radius 3 is 2.12 bits per heavy atom. The van der Waals surface area contributed by atoms with Gasteiger partial charge in [0.05, 0.1) is 11.5 Å². The SMILES string of the molecule is O=S(=O)(Cl)CCS(=O)(=O)c1ccc(Cl)nn1. The van der Waals surface area contributed by atoms with Crippen LogP contribution >= 0.6 is 22.3 Å². The summed E-state index contributed by atoms with van der Waals surface area (Å²) in [7, 11) is -2.76. The molecule has 0 radical (unpaired) electrons. The number of hydrogen-bond acceptors (Lipinski definition) is 6. The van der Waals surface area contributed by atoms with Crippen LogP contribution in [0.1, 0.15) is 0 Å². The van der Waals surface area contributed by atoms with Crippen molar-refractivity contribution in [2.75, 3.05) is 11.5 Å². The van der Waals surface area contributed by atoms with Crippen LogP contribution in [-0.2, 0) is 18.9 Å². The van der Waals surface area contributed by atoms with Gasteiger partial charge in [0.15, 0.2) is 20.0 Å². The van der Waals surface area contributed by atoms with Crippen molar-refractivity contribution in [3.05, 3.63) is 17.3 Å². The largest absolute Gasteiger partial charge is 0.233 e. The lowest BCUT2D eigenvalue weighted by atomic mass is 10.6. The summed E-state index contributed by atoms with van der Waals surface area (Å²) in [6, 6.07) is 2.39. The average molecular weight is 305 g/mol. The molecule has 0 bridgehead atoms. The minimum atomic E-state index is -3.85.